The van der Waals surface area contributed by atoms with Crippen LogP contribution in [0.25, 0.3) is 0 Å². The second kappa shape index (κ2) is 5.53. The molecule has 0 aromatic carbocycles. The maximum atomic E-state index is 10.2. The number of hydrogen-bond acceptors (Lipinski definition) is 3. The lowest BCUT2D eigenvalue weighted by Crippen LogP contribution is -2.27. The Kier molecular flexibility index (Phi) is 5.15. The number of nitrogens with one attached hydrogen (secondary N) is 1. The fraction of sp³-hybridized carbons (Fsp3) is 0.800. The Morgan fingerprint density at radius 3 is 2.56 bits per heavy atom. The molecule has 4 heteroatoms. The van der Waals surface area contributed by atoms with Crippen molar-refractivity contribution in [3.63, 3.8) is 0 Å². The number of rotatable bonds is 4. The standard InChI is InChI=1S/C5H11NO3/c7-3-1-2-6-5(9)4-8/h7-8H,1-4H2,(H,6,9). The fourth-order valence-electron chi connectivity index (χ4n) is 0.363. The van der Waals surface area contributed by atoms with Crippen LogP contribution in [0, 0.1) is 0 Å². The summed E-state index contributed by atoms with van der Waals surface area (Å²) in [4.78, 5) is 10.2. The van der Waals surface area contributed by atoms with Crippen molar-refractivity contribution in [1.29, 1.82) is 0 Å². The highest BCUT2D eigenvalue weighted by Crippen LogP contribution is 1.70. The minimum absolute atomic E-state index is 0.0612. The summed E-state index contributed by atoms with van der Waals surface area (Å²) in [5, 5.41) is 18.8. The fourth-order valence-corrected chi connectivity index (χ4v) is 0.363. The van der Waals surface area contributed by atoms with E-state index in [1.54, 1.807) is 0 Å². The van der Waals surface area contributed by atoms with E-state index in [1.165, 1.54) is 0 Å². The molecule has 0 bridgehead atoms. The zero-order valence-electron chi connectivity index (χ0n) is 5.13. The predicted molar refractivity (Wildman–Crippen MR) is 31.8 cm³/mol. The van der Waals surface area contributed by atoms with Crippen molar-refractivity contribution >= 4 is 5.91 Å². The average Bonchev–Trinajstić information content (AvgIpc) is 1.89. The van der Waals surface area contributed by atoms with E-state index in [4.69, 9.17) is 10.2 Å². The first-order valence-corrected chi connectivity index (χ1v) is 2.79. The van der Waals surface area contributed by atoms with Gasteiger partial charge in [0.2, 0.25) is 5.91 Å². The molecular weight excluding hydrogens is 122 g/mol. The normalized spacial score (nSPS) is 9.11. The largest absolute Gasteiger partial charge is 0.396 e. The number of aliphatic hydroxyl groups is 2. The van der Waals surface area contributed by atoms with E-state index in [2.05, 4.69) is 5.32 Å². The van der Waals surface area contributed by atoms with Gasteiger partial charge in [-0.2, -0.15) is 0 Å². The zero-order valence-corrected chi connectivity index (χ0v) is 5.13. The summed E-state index contributed by atoms with van der Waals surface area (Å²) in [6.07, 6.45) is 0.533. The molecule has 0 unspecified atom stereocenters. The first-order valence-electron chi connectivity index (χ1n) is 2.79. The zero-order chi connectivity index (χ0) is 7.11. The molecule has 0 fully saturated rings. The van der Waals surface area contributed by atoms with E-state index in [9.17, 15) is 4.79 Å². The Labute approximate surface area is 53.5 Å². The average molecular weight is 133 g/mol. The number of hydrogen-bond donors (Lipinski definition) is 3. The summed E-state index contributed by atoms with van der Waals surface area (Å²) < 4.78 is 0. The van der Waals surface area contributed by atoms with Gasteiger partial charge < -0.3 is 15.5 Å². The van der Waals surface area contributed by atoms with Crippen molar-refractivity contribution in [2.75, 3.05) is 19.8 Å². The molecule has 0 aliphatic heterocycles. The molecule has 9 heavy (non-hydrogen) atoms. The summed E-state index contributed by atoms with van der Waals surface area (Å²) in [7, 11) is 0. The van der Waals surface area contributed by atoms with Crippen molar-refractivity contribution in [3.05, 3.63) is 0 Å². The van der Waals surface area contributed by atoms with Crippen LogP contribution in [0.3, 0.4) is 0 Å². The molecule has 0 atom stereocenters. The van der Waals surface area contributed by atoms with E-state index < -0.39 is 12.5 Å². The lowest BCUT2D eigenvalue weighted by molar-refractivity contribution is -0.123. The van der Waals surface area contributed by atoms with Crippen molar-refractivity contribution in [3.8, 4) is 0 Å². The summed E-state index contributed by atoms with van der Waals surface area (Å²) >= 11 is 0. The molecule has 0 radical (unpaired) electrons. The van der Waals surface area contributed by atoms with E-state index in [0.717, 1.165) is 0 Å². The smallest absolute Gasteiger partial charge is 0.245 e. The first-order chi connectivity index (χ1) is 4.31. The highest BCUT2D eigenvalue weighted by atomic mass is 16.3. The molecule has 0 heterocycles. The quantitative estimate of drug-likeness (QED) is 0.408. The van der Waals surface area contributed by atoms with Crippen molar-refractivity contribution in [2.45, 2.75) is 6.42 Å². The predicted octanol–water partition coefficient (Wildman–Crippen LogP) is -1.52. The van der Waals surface area contributed by atoms with Gasteiger partial charge in [-0.15, -0.1) is 0 Å². The van der Waals surface area contributed by atoms with Crippen molar-refractivity contribution in [1.82, 2.24) is 5.32 Å². The molecule has 0 aromatic rings. The minimum atomic E-state index is -0.481. The molecule has 1 amide bonds. The molecular formula is C5H11NO3. The number of aliphatic hydroxyl groups excluding tert-OH is 2. The minimum Gasteiger partial charge on any atom is -0.396 e. The van der Waals surface area contributed by atoms with Crippen molar-refractivity contribution in [2.24, 2.45) is 0 Å². The Bertz CT molecular complexity index is 84.3. The lowest BCUT2D eigenvalue weighted by Gasteiger charge is -1.98. The highest BCUT2D eigenvalue weighted by Gasteiger charge is 1.93. The van der Waals surface area contributed by atoms with E-state index in [1.807, 2.05) is 0 Å². The molecule has 0 aromatic heterocycles. The molecule has 0 saturated carbocycles. The van der Waals surface area contributed by atoms with Gasteiger partial charge in [-0.25, -0.2) is 0 Å². The third-order valence-electron chi connectivity index (χ3n) is 0.801. The van der Waals surface area contributed by atoms with Gasteiger partial charge >= 0.3 is 0 Å². The Morgan fingerprint density at radius 1 is 1.44 bits per heavy atom. The van der Waals surface area contributed by atoms with Gasteiger partial charge in [-0.1, -0.05) is 0 Å². The number of amides is 1. The molecule has 0 saturated heterocycles. The van der Waals surface area contributed by atoms with Gasteiger partial charge in [0, 0.05) is 13.2 Å². The monoisotopic (exact) mass is 133 g/mol. The van der Waals surface area contributed by atoms with Gasteiger partial charge in [-0.3, -0.25) is 4.79 Å². The van der Waals surface area contributed by atoms with Crippen LogP contribution in [-0.4, -0.2) is 35.9 Å². The van der Waals surface area contributed by atoms with Crippen molar-refractivity contribution < 1.29 is 15.0 Å². The van der Waals surface area contributed by atoms with E-state index in [-0.39, 0.29) is 6.61 Å². The Morgan fingerprint density at radius 2 is 2.11 bits per heavy atom. The summed E-state index contributed by atoms with van der Waals surface area (Å²) in [5.74, 6) is -0.400. The van der Waals surface area contributed by atoms with Gasteiger partial charge in [-0.05, 0) is 6.42 Å². The van der Waals surface area contributed by atoms with Gasteiger partial charge in [0.05, 0.1) is 0 Å². The second-order valence-corrected chi connectivity index (χ2v) is 1.59. The van der Waals surface area contributed by atoms with Crippen LogP contribution in [0.2, 0.25) is 0 Å². The van der Waals surface area contributed by atoms with Crippen LogP contribution in [0.15, 0.2) is 0 Å². The maximum Gasteiger partial charge on any atom is 0.245 e. The molecule has 4 nitrogen and oxygen atoms in total. The van der Waals surface area contributed by atoms with E-state index >= 15 is 0 Å². The molecule has 54 valence electrons. The summed E-state index contributed by atoms with van der Waals surface area (Å²) in [6.45, 7) is 0.00697. The first kappa shape index (κ1) is 8.39. The van der Waals surface area contributed by atoms with Crippen LogP contribution in [0.1, 0.15) is 6.42 Å². The second-order valence-electron chi connectivity index (χ2n) is 1.59. The van der Waals surface area contributed by atoms with Gasteiger partial charge in [0.25, 0.3) is 0 Å². The van der Waals surface area contributed by atoms with E-state index in [0.29, 0.717) is 13.0 Å². The molecule has 0 spiro atoms. The molecule has 3 N–H and O–H groups in total. The Hall–Kier alpha value is -0.610. The molecule has 0 rings (SSSR count). The summed E-state index contributed by atoms with van der Waals surface area (Å²) in [6, 6.07) is 0. The summed E-state index contributed by atoms with van der Waals surface area (Å²) in [5.41, 5.74) is 0. The maximum absolute atomic E-state index is 10.2. The third kappa shape index (κ3) is 5.26. The van der Waals surface area contributed by atoms with Crippen LogP contribution in [0.5, 0.6) is 0 Å². The third-order valence-corrected chi connectivity index (χ3v) is 0.801. The van der Waals surface area contributed by atoms with Crippen LogP contribution in [-0.2, 0) is 4.79 Å². The van der Waals surface area contributed by atoms with Crippen LogP contribution >= 0.6 is 0 Å². The Balaban J connectivity index is 2.97. The molecule has 0 aliphatic rings. The number of carbonyl (C=O) groups excluding carboxylic acids is 1. The van der Waals surface area contributed by atoms with Gasteiger partial charge in [0.15, 0.2) is 0 Å². The van der Waals surface area contributed by atoms with Crippen LogP contribution < -0.4 is 5.32 Å². The highest BCUT2D eigenvalue weighted by molar-refractivity contribution is 5.76. The van der Waals surface area contributed by atoms with Crippen LogP contribution in [0.4, 0.5) is 0 Å². The number of carbonyl (C=O) groups is 1. The topological polar surface area (TPSA) is 69.6 Å². The SMILES string of the molecule is O=C(CO)NCCCO. The lowest BCUT2D eigenvalue weighted by atomic mass is 10.4. The molecule has 0 aliphatic carbocycles. The van der Waals surface area contributed by atoms with Gasteiger partial charge in [0.1, 0.15) is 6.61 Å².